The van der Waals surface area contributed by atoms with Gasteiger partial charge in [0.2, 0.25) is 0 Å². The molecule has 0 heterocycles. The Hall–Kier alpha value is -1.97. The summed E-state index contributed by atoms with van der Waals surface area (Å²) in [7, 11) is 0. The maximum Gasteiger partial charge on any atom is 0.310 e. The Labute approximate surface area is 198 Å². The first-order valence-corrected chi connectivity index (χ1v) is 12.8. The van der Waals surface area contributed by atoms with Crippen LogP contribution in [0.4, 0.5) is 0 Å². The van der Waals surface area contributed by atoms with Crippen LogP contribution in [0.5, 0.6) is 0 Å². The van der Waals surface area contributed by atoms with E-state index in [2.05, 4.69) is 40.3 Å². The van der Waals surface area contributed by atoms with Crippen molar-refractivity contribution < 1.29 is 19.5 Å². The zero-order valence-electron chi connectivity index (χ0n) is 21.0. The molecule has 0 aromatic carbocycles. The van der Waals surface area contributed by atoms with Gasteiger partial charge in [-0.2, -0.15) is 0 Å². The van der Waals surface area contributed by atoms with Crippen LogP contribution in [0.25, 0.3) is 0 Å². The van der Waals surface area contributed by atoms with Gasteiger partial charge in [-0.05, 0) is 74.3 Å². The lowest BCUT2D eigenvalue weighted by Crippen LogP contribution is -2.49. The lowest BCUT2D eigenvalue weighted by molar-refractivity contribution is -0.140. The first-order valence-electron chi connectivity index (χ1n) is 12.8. The molecule has 4 nitrogen and oxygen atoms in total. The van der Waals surface area contributed by atoms with Crippen molar-refractivity contribution in [2.45, 2.75) is 86.0 Å². The third kappa shape index (κ3) is 3.68. The van der Waals surface area contributed by atoms with Crippen molar-refractivity contribution in [2.75, 3.05) is 0 Å². The molecule has 4 rings (SSSR count). The molecular weight excluding hydrogens is 412 g/mol. The first-order chi connectivity index (χ1) is 15.4. The lowest BCUT2D eigenvalue weighted by atomic mass is 9.49. The van der Waals surface area contributed by atoms with E-state index >= 15 is 0 Å². The Morgan fingerprint density at radius 3 is 2.58 bits per heavy atom. The molecule has 0 aromatic rings. The summed E-state index contributed by atoms with van der Waals surface area (Å²) in [6.45, 7) is 14.6. The zero-order chi connectivity index (χ0) is 24.3. The van der Waals surface area contributed by atoms with E-state index in [1.165, 1.54) is 11.1 Å². The highest BCUT2D eigenvalue weighted by molar-refractivity contribution is 6.01. The smallest absolute Gasteiger partial charge is 0.310 e. The van der Waals surface area contributed by atoms with Gasteiger partial charge >= 0.3 is 5.97 Å². The Morgan fingerprint density at radius 2 is 1.91 bits per heavy atom. The maximum absolute atomic E-state index is 13.8. The Kier molecular flexibility index (Phi) is 6.12. The van der Waals surface area contributed by atoms with Crippen molar-refractivity contribution in [2.24, 2.45) is 40.4 Å². The van der Waals surface area contributed by atoms with Crippen LogP contribution in [0.15, 0.2) is 34.9 Å². The summed E-state index contributed by atoms with van der Waals surface area (Å²) in [6.07, 6.45) is 8.85. The summed E-state index contributed by atoms with van der Waals surface area (Å²) in [5.74, 6) is 0.435. The Bertz CT molecular complexity index is 968. The number of Topliss-reactive ketones (excluding diaryl/α,β-unsaturated/α-hetero) is 2. The Balaban J connectivity index is 1.58. The molecule has 1 fully saturated rings. The third-order valence-corrected chi connectivity index (χ3v) is 10.1. The quantitative estimate of drug-likeness (QED) is 0.479. The second-order valence-corrected chi connectivity index (χ2v) is 11.9. The van der Waals surface area contributed by atoms with Gasteiger partial charge in [0, 0.05) is 35.2 Å². The summed E-state index contributed by atoms with van der Waals surface area (Å²) in [5, 5.41) is 9.27. The molecule has 4 aliphatic rings. The van der Waals surface area contributed by atoms with Crippen LogP contribution in [0.1, 0.15) is 86.0 Å². The molecule has 4 heteroatoms. The van der Waals surface area contributed by atoms with Crippen molar-refractivity contribution >= 4 is 17.5 Å². The van der Waals surface area contributed by atoms with Crippen LogP contribution >= 0.6 is 0 Å². The summed E-state index contributed by atoms with van der Waals surface area (Å²) in [6, 6.07) is 0. The SMILES string of the molecule is C=C(CC[C@@H](C)[C@H]1CC=C2C3=C(C(=O)C[C@@]21C)[C@@]1(C)CCC(=O)[C@@H](C)[C@H]1CC3)[C@@H](C)C(=O)O. The fourth-order valence-electron chi connectivity index (χ4n) is 7.90. The lowest BCUT2D eigenvalue weighted by Gasteiger charge is -2.53. The second kappa shape index (κ2) is 8.36. The molecule has 0 aromatic heterocycles. The van der Waals surface area contributed by atoms with Gasteiger partial charge in [0.1, 0.15) is 5.78 Å². The highest BCUT2D eigenvalue weighted by atomic mass is 16.4. The number of carbonyl (C=O) groups excluding carboxylic acids is 2. The number of carboxylic acid groups (broad SMARTS) is 1. The molecule has 0 unspecified atom stereocenters. The maximum atomic E-state index is 13.8. The van der Waals surface area contributed by atoms with Gasteiger partial charge in [0.25, 0.3) is 0 Å². The van der Waals surface area contributed by atoms with Gasteiger partial charge in [-0.3, -0.25) is 14.4 Å². The van der Waals surface area contributed by atoms with E-state index in [-0.39, 0.29) is 22.7 Å². The molecular formula is C29H40O4. The van der Waals surface area contributed by atoms with Crippen LogP contribution in [0, 0.1) is 40.4 Å². The number of fused-ring (bicyclic) bond motifs is 4. The molecule has 0 amide bonds. The number of ketones is 2. The molecule has 0 aliphatic heterocycles. The van der Waals surface area contributed by atoms with E-state index in [1.807, 2.05) is 0 Å². The minimum atomic E-state index is -0.815. The summed E-state index contributed by atoms with van der Waals surface area (Å²) >= 11 is 0. The number of carbonyl (C=O) groups is 3. The van der Waals surface area contributed by atoms with Gasteiger partial charge in [-0.15, -0.1) is 0 Å². The van der Waals surface area contributed by atoms with E-state index in [9.17, 15) is 19.5 Å². The van der Waals surface area contributed by atoms with Gasteiger partial charge in [-0.25, -0.2) is 0 Å². The number of allylic oxidation sites excluding steroid dienone is 4. The van der Waals surface area contributed by atoms with E-state index in [4.69, 9.17) is 0 Å². The predicted octanol–water partition coefficient (Wildman–Crippen LogP) is 6.32. The first kappa shape index (κ1) is 24.2. The largest absolute Gasteiger partial charge is 0.481 e. The van der Waals surface area contributed by atoms with Crippen molar-refractivity contribution in [1.29, 1.82) is 0 Å². The van der Waals surface area contributed by atoms with Gasteiger partial charge in [-0.1, -0.05) is 45.9 Å². The molecule has 0 spiro atoms. The molecule has 0 saturated heterocycles. The number of hydrogen-bond donors (Lipinski definition) is 1. The van der Waals surface area contributed by atoms with Crippen molar-refractivity contribution in [3.05, 3.63) is 34.9 Å². The number of carboxylic acids is 1. The average molecular weight is 453 g/mol. The summed E-state index contributed by atoms with van der Waals surface area (Å²) in [5.41, 5.74) is 4.22. The van der Waals surface area contributed by atoms with E-state index in [0.717, 1.165) is 43.3 Å². The standard InChI is InChI=1S/C29H40O4/c1-16(18(3)27(32)33)7-8-17(2)21-11-12-23-20-9-10-22-19(4)24(30)13-14-28(22,5)26(20)25(31)15-29(21,23)6/h12,17-19,21-22H,1,7-11,13-15H2,2-6H3,(H,32,33)/t17-,18-,19+,21-,22-,28+,29-/m1/s1. The summed E-state index contributed by atoms with van der Waals surface area (Å²) < 4.78 is 0. The normalized spacial score (nSPS) is 37.6. The molecule has 7 atom stereocenters. The van der Waals surface area contributed by atoms with Gasteiger partial charge < -0.3 is 5.11 Å². The highest BCUT2D eigenvalue weighted by Gasteiger charge is 2.57. The van der Waals surface area contributed by atoms with E-state index in [0.29, 0.717) is 42.7 Å². The minimum absolute atomic E-state index is 0.0468. The van der Waals surface area contributed by atoms with Crippen LogP contribution in [0.3, 0.4) is 0 Å². The third-order valence-electron chi connectivity index (χ3n) is 10.1. The molecule has 1 saturated carbocycles. The molecule has 180 valence electrons. The van der Waals surface area contributed by atoms with Crippen LogP contribution in [-0.4, -0.2) is 22.6 Å². The summed E-state index contributed by atoms with van der Waals surface area (Å²) in [4.78, 5) is 37.5. The molecule has 1 N–H and O–H groups in total. The van der Waals surface area contributed by atoms with Crippen molar-refractivity contribution in [1.82, 2.24) is 0 Å². The fraction of sp³-hybridized carbons (Fsp3) is 0.690. The second-order valence-electron chi connectivity index (χ2n) is 11.9. The van der Waals surface area contributed by atoms with Gasteiger partial charge in [0.05, 0.1) is 5.92 Å². The minimum Gasteiger partial charge on any atom is -0.481 e. The molecule has 0 bridgehead atoms. The van der Waals surface area contributed by atoms with Crippen molar-refractivity contribution in [3.63, 3.8) is 0 Å². The monoisotopic (exact) mass is 452 g/mol. The number of hydrogen-bond acceptors (Lipinski definition) is 3. The predicted molar refractivity (Wildman–Crippen MR) is 130 cm³/mol. The average Bonchev–Trinajstić information content (AvgIpc) is 3.10. The van der Waals surface area contributed by atoms with Gasteiger partial charge in [0.15, 0.2) is 5.78 Å². The fourth-order valence-corrected chi connectivity index (χ4v) is 7.90. The topological polar surface area (TPSA) is 71.4 Å². The number of aliphatic carboxylic acids is 1. The highest BCUT2D eigenvalue weighted by Crippen LogP contribution is 2.63. The van der Waals surface area contributed by atoms with E-state index < -0.39 is 11.9 Å². The van der Waals surface area contributed by atoms with E-state index in [1.54, 1.807) is 6.92 Å². The Morgan fingerprint density at radius 1 is 1.21 bits per heavy atom. The number of rotatable bonds is 6. The molecule has 0 radical (unpaired) electrons. The van der Waals surface area contributed by atoms with Crippen molar-refractivity contribution in [3.8, 4) is 0 Å². The van der Waals surface area contributed by atoms with Crippen LogP contribution in [0.2, 0.25) is 0 Å². The zero-order valence-corrected chi connectivity index (χ0v) is 21.0. The molecule has 4 aliphatic carbocycles. The van der Waals surface area contributed by atoms with Crippen LogP contribution in [-0.2, 0) is 14.4 Å². The molecule has 33 heavy (non-hydrogen) atoms. The van der Waals surface area contributed by atoms with Crippen LogP contribution < -0.4 is 0 Å².